The Balaban J connectivity index is 1.28. The fraction of sp³-hybridized carbons (Fsp3) is 0.150. The van der Waals surface area contributed by atoms with Gasteiger partial charge >= 0.3 is 0 Å². The fourth-order valence-corrected chi connectivity index (χ4v) is 4.54. The Morgan fingerprint density at radius 2 is 1.96 bits per heavy atom. The summed E-state index contributed by atoms with van der Waals surface area (Å²) in [5.74, 6) is 0.336. The van der Waals surface area contributed by atoms with Crippen molar-refractivity contribution in [2.24, 2.45) is 0 Å². The normalized spacial score (nSPS) is 11.0. The van der Waals surface area contributed by atoms with Crippen molar-refractivity contribution in [3.63, 3.8) is 0 Å². The molecular weight excluding hydrogens is 395 g/mol. The number of carbonyl (C=O) groups excluding carboxylic acids is 1. The summed E-state index contributed by atoms with van der Waals surface area (Å²) in [5, 5.41) is 12.6. The number of para-hydroxylation sites is 1. The van der Waals surface area contributed by atoms with E-state index in [4.69, 9.17) is 0 Å². The molecule has 8 heteroatoms. The van der Waals surface area contributed by atoms with Crippen LogP contribution in [0, 0.1) is 5.82 Å². The van der Waals surface area contributed by atoms with Crippen LogP contribution in [0.15, 0.2) is 59.1 Å². The van der Waals surface area contributed by atoms with Gasteiger partial charge in [-0.05, 0) is 35.7 Å². The van der Waals surface area contributed by atoms with Gasteiger partial charge < -0.3 is 10.3 Å². The summed E-state index contributed by atoms with van der Waals surface area (Å²) in [6, 6.07) is 14.4. The summed E-state index contributed by atoms with van der Waals surface area (Å²) in [4.78, 5) is 15.5. The third-order valence-corrected chi connectivity index (χ3v) is 6.27. The number of nitrogens with one attached hydrogen (secondary N) is 2. The average Bonchev–Trinajstić information content (AvgIpc) is 3.33. The van der Waals surface area contributed by atoms with Crippen LogP contribution in [0.3, 0.4) is 0 Å². The van der Waals surface area contributed by atoms with Crippen LogP contribution in [0.5, 0.6) is 0 Å². The zero-order valence-corrected chi connectivity index (χ0v) is 16.4. The molecule has 28 heavy (non-hydrogen) atoms. The van der Waals surface area contributed by atoms with Gasteiger partial charge in [0.15, 0.2) is 4.34 Å². The number of benzene rings is 2. The molecule has 0 atom stereocenters. The lowest BCUT2D eigenvalue weighted by Crippen LogP contribution is -2.12. The molecule has 0 spiro atoms. The number of amides is 1. The second kappa shape index (κ2) is 8.53. The van der Waals surface area contributed by atoms with Crippen molar-refractivity contribution < 1.29 is 9.18 Å². The Hall–Kier alpha value is -2.71. The minimum Gasteiger partial charge on any atom is -0.361 e. The van der Waals surface area contributed by atoms with E-state index in [1.165, 1.54) is 35.2 Å². The zero-order valence-electron chi connectivity index (χ0n) is 14.8. The largest absolute Gasteiger partial charge is 0.361 e. The molecule has 2 N–H and O–H groups in total. The Bertz CT molecular complexity index is 1090. The number of aryl methyl sites for hydroxylation is 1. The van der Waals surface area contributed by atoms with Crippen molar-refractivity contribution >= 4 is 45.0 Å². The Kier molecular flexibility index (Phi) is 5.68. The summed E-state index contributed by atoms with van der Waals surface area (Å²) in [6.45, 7) is 0. The molecule has 2 aromatic carbocycles. The van der Waals surface area contributed by atoms with Crippen molar-refractivity contribution in [3.05, 3.63) is 71.7 Å². The number of nitrogens with zero attached hydrogens (tertiary/aromatic N) is 2. The van der Waals surface area contributed by atoms with Gasteiger partial charge in [-0.3, -0.25) is 4.79 Å². The summed E-state index contributed by atoms with van der Waals surface area (Å²) < 4.78 is 13.7. The number of aromatic amines is 1. The van der Waals surface area contributed by atoms with E-state index in [-0.39, 0.29) is 11.7 Å². The lowest BCUT2D eigenvalue weighted by molar-refractivity contribution is -0.116. The number of anilines is 1. The summed E-state index contributed by atoms with van der Waals surface area (Å²) in [7, 11) is 0. The van der Waals surface area contributed by atoms with Crippen LogP contribution < -0.4 is 5.32 Å². The molecule has 0 saturated heterocycles. The van der Waals surface area contributed by atoms with Crippen molar-refractivity contribution in [3.8, 4) is 0 Å². The monoisotopic (exact) mass is 412 g/mol. The van der Waals surface area contributed by atoms with Gasteiger partial charge in [0.05, 0.1) is 0 Å². The second-order valence-electron chi connectivity index (χ2n) is 6.20. The van der Waals surface area contributed by atoms with Crippen LogP contribution in [0.2, 0.25) is 0 Å². The first-order valence-corrected chi connectivity index (χ1v) is 10.5. The van der Waals surface area contributed by atoms with E-state index >= 15 is 0 Å². The molecule has 5 nitrogen and oxygen atoms in total. The van der Waals surface area contributed by atoms with Gasteiger partial charge in [0.25, 0.3) is 0 Å². The van der Waals surface area contributed by atoms with Gasteiger partial charge in [0.2, 0.25) is 11.0 Å². The van der Waals surface area contributed by atoms with Crippen LogP contribution in [-0.2, 0) is 17.0 Å². The summed E-state index contributed by atoms with van der Waals surface area (Å²) >= 11 is 2.85. The molecule has 0 saturated carbocycles. The molecule has 0 unspecified atom stereocenters. The van der Waals surface area contributed by atoms with Gasteiger partial charge in [0, 0.05) is 29.3 Å². The number of aromatic nitrogens is 3. The Labute approximate surface area is 169 Å². The Morgan fingerprint density at radius 1 is 1.14 bits per heavy atom. The fourth-order valence-electron chi connectivity index (χ4n) is 2.81. The molecular formula is C20H17FN4OS2. The predicted molar refractivity (Wildman–Crippen MR) is 111 cm³/mol. The van der Waals surface area contributed by atoms with Crippen LogP contribution in [0.25, 0.3) is 10.9 Å². The maximum absolute atomic E-state index is 12.9. The molecule has 0 bridgehead atoms. The van der Waals surface area contributed by atoms with Crippen molar-refractivity contribution in [1.29, 1.82) is 0 Å². The molecule has 0 aliphatic heterocycles. The van der Waals surface area contributed by atoms with E-state index in [0.29, 0.717) is 23.7 Å². The maximum atomic E-state index is 12.9. The third kappa shape index (κ3) is 4.58. The molecule has 0 radical (unpaired) electrons. The number of carbonyl (C=O) groups is 1. The first kappa shape index (κ1) is 18.6. The topological polar surface area (TPSA) is 70.7 Å². The lowest BCUT2D eigenvalue weighted by atomic mass is 10.1. The van der Waals surface area contributed by atoms with E-state index in [9.17, 15) is 9.18 Å². The molecule has 4 aromatic rings. The zero-order chi connectivity index (χ0) is 19.3. The van der Waals surface area contributed by atoms with Crippen molar-refractivity contribution in [2.45, 2.75) is 22.9 Å². The van der Waals surface area contributed by atoms with Gasteiger partial charge in [-0.25, -0.2) is 4.39 Å². The Morgan fingerprint density at radius 3 is 2.82 bits per heavy atom. The minimum atomic E-state index is -0.248. The van der Waals surface area contributed by atoms with E-state index in [0.717, 1.165) is 26.4 Å². The smallest absolute Gasteiger partial charge is 0.226 e. The standard InChI is InChI=1S/C20H17FN4OS2/c21-15-8-5-13(6-9-15)12-27-20-25-24-19(28-20)23-18(26)10-7-14-11-22-17-4-2-1-3-16(14)17/h1-6,8-9,11,22H,7,10,12H2,(H,23,24,26). The molecule has 0 aliphatic rings. The number of hydrogen-bond acceptors (Lipinski definition) is 5. The summed E-state index contributed by atoms with van der Waals surface area (Å²) in [5.41, 5.74) is 3.20. The molecule has 2 aromatic heterocycles. The molecule has 2 heterocycles. The lowest BCUT2D eigenvalue weighted by Gasteiger charge is -2.01. The van der Waals surface area contributed by atoms with Crippen LogP contribution in [0.4, 0.5) is 9.52 Å². The quantitative estimate of drug-likeness (QED) is 0.330. The minimum absolute atomic E-state index is 0.0866. The van der Waals surface area contributed by atoms with Gasteiger partial charge in [-0.15, -0.1) is 10.2 Å². The number of thioether (sulfide) groups is 1. The number of halogens is 1. The predicted octanol–water partition coefficient (Wildman–Crippen LogP) is 5.02. The highest BCUT2D eigenvalue weighted by Crippen LogP contribution is 2.28. The van der Waals surface area contributed by atoms with Crippen LogP contribution >= 0.6 is 23.1 Å². The SMILES string of the molecule is O=C(CCc1c[nH]c2ccccc12)Nc1nnc(SCc2ccc(F)cc2)s1. The average molecular weight is 413 g/mol. The summed E-state index contributed by atoms with van der Waals surface area (Å²) in [6.07, 6.45) is 2.98. The molecule has 1 amide bonds. The number of rotatable bonds is 7. The maximum Gasteiger partial charge on any atom is 0.226 e. The number of fused-ring (bicyclic) bond motifs is 1. The highest BCUT2D eigenvalue weighted by atomic mass is 32.2. The molecule has 0 aliphatic carbocycles. The van der Waals surface area contributed by atoms with Crippen LogP contribution in [0.1, 0.15) is 17.5 Å². The van der Waals surface area contributed by atoms with Crippen LogP contribution in [-0.4, -0.2) is 21.1 Å². The third-order valence-electron chi connectivity index (χ3n) is 4.22. The second-order valence-corrected chi connectivity index (χ2v) is 8.40. The first-order valence-electron chi connectivity index (χ1n) is 8.73. The van der Waals surface area contributed by atoms with Gasteiger partial charge in [-0.2, -0.15) is 0 Å². The van der Waals surface area contributed by atoms with E-state index < -0.39 is 0 Å². The van der Waals surface area contributed by atoms with Gasteiger partial charge in [-0.1, -0.05) is 53.4 Å². The van der Waals surface area contributed by atoms with E-state index in [1.54, 1.807) is 12.1 Å². The van der Waals surface area contributed by atoms with Crippen molar-refractivity contribution in [2.75, 3.05) is 5.32 Å². The van der Waals surface area contributed by atoms with E-state index in [2.05, 4.69) is 26.6 Å². The molecule has 0 fully saturated rings. The molecule has 142 valence electrons. The highest BCUT2D eigenvalue weighted by Gasteiger charge is 2.11. The first-order chi connectivity index (χ1) is 13.7. The number of H-pyrrole nitrogens is 1. The van der Waals surface area contributed by atoms with E-state index in [1.807, 2.05) is 24.4 Å². The van der Waals surface area contributed by atoms with Gasteiger partial charge in [0.1, 0.15) is 5.82 Å². The van der Waals surface area contributed by atoms with Crippen molar-refractivity contribution in [1.82, 2.24) is 15.2 Å². The highest BCUT2D eigenvalue weighted by molar-refractivity contribution is 8.00. The number of hydrogen-bond donors (Lipinski definition) is 2. The molecule has 4 rings (SSSR count).